The van der Waals surface area contributed by atoms with E-state index in [1.165, 1.54) is 5.56 Å². The number of nitrogens with one attached hydrogen (secondary N) is 1. The molecule has 0 aromatic heterocycles. The van der Waals surface area contributed by atoms with Crippen LogP contribution in [0.2, 0.25) is 0 Å². The normalized spacial score (nSPS) is 25.4. The Hall–Kier alpha value is -1.59. The maximum atomic E-state index is 6.39. The van der Waals surface area contributed by atoms with Gasteiger partial charge in [-0.15, -0.1) is 0 Å². The Labute approximate surface area is 149 Å². The van der Waals surface area contributed by atoms with Gasteiger partial charge in [-0.05, 0) is 56.4 Å². The van der Waals surface area contributed by atoms with Gasteiger partial charge in [0.25, 0.3) is 0 Å². The highest BCUT2D eigenvalue weighted by Gasteiger charge is 2.48. The summed E-state index contributed by atoms with van der Waals surface area (Å²) in [6, 6.07) is 14.7. The first-order valence-corrected chi connectivity index (χ1v) is 8.82. The minimum Gasteiger partial charge on any atom is -0.467 e. The van der Waals surface area contributed by atoms with Crippen LogP contribution in [0.25, 0.3) is 0 Å². The quantitative estimate of drug-likeness (QED) is 0.716. The third-order valence-corrected chi connectivity index (χ3v) is 5.32. The molecular weight excluding hydrogens is 372 g/mol. The molecule has 2 aromatic carbocycles. The highest BCUT2D eigenvalue weighted by atomic mass is 79.9. The molecule has 2 aliphatic rings. The fourth-order valence-corrected chi connectivity index (χ4v) is 4.25. The number of thiocarbonyl (C=S) groups is 1. The van der Waals surface area contributed by atoms with Crippen molar-refractivity contribution in [3.63, 3.8) is 0 Å². The zero-order valence-corrected chi connectivity index (χ0v) is 15.4. The number of ether oxygens (including phenoxy) is 1. The van der Waals surface area contributed by atoms with Crippen molar-refractivity contribution >= 4 is 38.9 Å². The van der Waals surface area contributed by atoms with Crippen LogP contribution in [-0.4, -0.2) is 10.8 Å². The zero-order valence-electron chi connectivity index (χ0n) is 13.0. The van der Waals surface area contributed by atoms with Crippen molar-refractivity contribution in [2.45, 2.75) is 32.0 Å². The van der Waals surface area contributed by atoms with Gasteiger partial charge in [-0.3, -0.25) is 4.90 Å². The van der Waals surface area contributed by atoms with E-state index < -0.39 is 5.72 Å². The molecule has 0 radical (unpaired) electrons. The molecule has 2 heterocycles. The first-order chi connectivity index (χ1) is 11.0. The minimum absolute atomic E-state index is 0.176. The minimum atomic E-state index is -0.483. The smallest absolute Gasteiger partial charge is 0.188 e. The number of hydrogen-bond acceptors (Lipinski definition) is 2. The lowest BCUT2D eigenvalue weighted by atomic mass is 9.90. The molecule has 0 aliphatic carbocycles. The van der Waals surface area contributed by atoms with Gasteiger partial charge < -0.3 is 10.1 Å². The van der Waals surface area contributed by atoms with E-state index in [2.05, 4.69) is 70.3 Å². The van der Waals surface area contributed by atoms with Gasteiger partial charge >= 0.3 is 0 Å². The molecular formula is C18H17BrN2OS. The van der Waals surface area contributed by atoms with Gasteiger partial charge in [-0.2, -0.15) is 0 Å². The summed E-state index contributed by atoms with van der Waals surface area (Å²) in [5.74, 6) is 0.916. The molecule has 2 aromatic rings. The first kappa shape index (κ1) is 15.0. The SMILES string of the molecule is Cc1ccc(N2C(=S)N[C@H]3C[C@@]2(C)Oc2ccc(Br)cc23)cc1. The van der Waals surface area contributed by atoms with E-state index in [-0.39, 0.29) is 6.04 Å². The predicted octanol–water partition coefficient (Wildman–Crippen LogP) is 4.69. The highest BCUT2D eigenvalue weighted by Crippen LogP contribution is 2.46. The van der Waals surface area contributed by atoms with Gasteiger partial charge in [0.15, 0.2) is 10.8 Å². The van der Waals surface area contributed by atoms with Crippen LogP contribution in [0.3, 0.4) is 0 Å². The molecule has 1 fully saturated rings. The fraction of sp³-hybridized carbons (Fsp3) is 0.278. The molecule has 2 atom stereocenters. The summed E-state index contributed by atoms with van der Waals surface area (Å²) in [6.07, 6.45) is 0.838. The van der Waals surface area contributed by atoms with Gasteiger partial charge in [0.1, 0.15) is 5.75 Å². The number of benzene rings is 2. The summed E-state index contributed by atoms with van der Waals surface area (Å²) in [4.78, 5) is 2.09. The van der Waals surface area contributed by atoms with Gasteiger partial charge in [-0.1, -0.05) is 33.6 Å². The molecule has 0 amide bonds. The Balaban J connectivity index is 1.79. The third kappa shape index (κ3) is 2.42. The van der Waals surface area contributed by atoms with Crippen molar-refractivity contribution in [2.24, 2.45) is 0 Å². The van der Waals surface area contributed by atoms with Crippen LogP contribution in [0.5, 0.6) is 5.75 Å². The molecule has 3 nitrogen and oxygen atoms in total. The maximum Gasteiger partial charge on any atom is 0.188 e. The van der Waals surface area contributed by atoms with Gasteiger partial charge in [0.05, 0.1) is 6.04 Å². The lowest BCUT2D eigenvalue weighted by molar-refractivity contribution is 0.0497. The third-order valence-electron chi connectivity index (χ3n) is 4.53. The van der Waals surface area contributed by atoms with Crippen molar-refractivity contribution in [1.82, 2.24) is 5.32 Å². The number of nitrogens with zero attached hydrogens (tertiary/aromatic N) is 1. The number of halogens is 1. The molecule has 1 saturated heterocycles. The fourth-order valence-electron chi connectivity index (χ4n) is 3.43. The van der Waals surface area contributed by atoms with E-state index in [9.17, 15) is 0 Å². The number of fused-ring (bicyclic) bond motifs is 4. The Bertz CT molecular complexity index is 792. The Kier molecular flexibility index (Phi) is 3.39. The van der Waals surface area contributed by atoms with Crippen LogP contribution < -0.4 is 15.0 Å². The number of rotatable bonds is 1. The molecule has 1 N–H and O–H groups in total. The second-order valence-electron chi connectivity index (χ2n) is 6.34. The molecule has 23 heavy (non-hydrogen) atoms. The molecule has 0 saturated carbocycles. The monoisotopic (exact) mass is 388 g/mol. The Morgan fingerprint density at radius 2 is 2.00 bits per heavy atom. The maximum absolute atomic E-state index is 6.39. The van der Waals surface area contributed by atoms with Crippen LogP contribution in [0.1, 0.15) is 30.5 Å². The largest absolute Gasteiger partial charge is 0.467 e. The summed E-state index contributed by atoms with van der Waals surface area (Å²) < 4.78 is 7.44. The topological polar surface area (TPSA) is 24.5 Å². The summed E-state index contributed by atoms with van der Waals surface area (Å²) in [5, 5.41) is 4.18. The van der Waals surface area contributed by atoms with Crippen LogP contribution in [0.4, 0.5) is 5.69 Å². The Morgan fingerprint density at radius 3 is 2.74 bits per heavy atom. The van der Waals surface area contributed by atoms with E-state index in [1.54, 1.807) is 0 Å². The summed E-state index contributed by atoms with van der Waals surface area (Å²) >= 11 is 9.19. The van der Waals surface area contributed by atoms with Crippen molar-refractivity contribution in [3.05, 3.63) is 58.1 Å². The van der Waals surface area contributed by atoms with Crippen LogP contribution in [-0.2, 0) is 0 Å². The summed E-state index contributed by atoms with van der Waals surface area (Å²) in [7, 11) is 0. The molecule has 118 valence electrons. The van der Waals surface area contributed by atoms with E-state index in [4.69, 9.17) is 17.0 Å². The van der Waals surface area contributed by atoms with Crippen molar-refractivity contribution in [1.29, 1.82) is 0 Å². The van der Waals surface area contributed by atoms with E-state index in [0.29, 0.717) is 5.11 Å². The second-order valence-corrected chi connectivity index (χ2v) is 7.64. The summed E-state index contributed by atoms with van der Waals surface area (Å²) in [6.45, 7) is 4.19. The van der Waals surface area contributed by atoms with Crippen LogP contribution in [0.15, 0.2) is 46.9 Å². The lowest BCUT2D eigenvalue weighted by Gasteiger charge is -2.52. The average Bonchev–Trinajstić information content (AvgIpc) is 2.49. The van der Waals surface area contributed by atoms with Gasteiger partial charge in [0.2, 0.25) is 0 Å². The van der Waals surface area contributed by atoms with Crippen LogP contribution >= 0.6 is 28.1 Å². The second kappa shape index (κ2) is 5.21. The average molecular weight is 389 g/mol. The van der Waals surface area contributed by atoms with E-state index in [0.717, 1.165) is 27.9 Å². The molecule has 4 rings (SSSR count). The number of aryl methyl sites for hydroxylation is 1. The van der Waals surface area contributed by atoms with E-state index in [1.807, 2.05) is 12.1 Å². The lowest BCUT2D eigenvalue weighted by Crippen LogP contribution is -2.65. The first-order valence-electron chi connectivity index (χ1n) is 7.62. The van der Waals surface area contributed by atoms with Crippen molar-refractivity contribution in [3.8, 4) is 5.75 Å². The zero-order chi connectivity index (χ0) is 16.2. The van der Waals surface area contributed by atoms with Crippen LogP contribution in [0, 0.1) is 6.92 Å². The molecule has 0 unspecified atom stereocenters. The molecule has 2 aliphatic heterocycles. The standard InChI is InChI=1S/C18H17BrN2OS/c1-11-3-6-13(7-4-11)21-17(23)20-15-10-18(21,2)22-16-8-5-12(19)9-14(15)16/h3-9,15H,10H2,1-2H3,(H,20,23)/t15-,18+/m0/s1. The number of hydrogen-bond donors (Lipinski definition) is 1. The summed E-state index contributed by atoms with van der Waals surface area (Å²) in [5.41, 5.74) is 2.95. The van der Waals surface area contributed by atoms with Gasteiger partial charge in [0, 0.05) is 22.1 Å². The Morgan fingerprint density at radius 1 is 1.26 bits per heavy atom. The number of anilines is 1. The molecule has 2 bridgehead atoms. The predicted molar refractivity (Wildman–Crippen MR) is 99.9 cm³/mol. The van der Waals surface area contributed by atoms with Crippen molar-refractivity contribution in [2.75, 3.05) is 4.90 Å². The van der Waals surface area contributed by atoms with Gasteiger partial charge in [-0.25, -0.2) is 0 Å². The highest BCUT2D eigenvalue weighted by molar-refractivity contribution is 9.10. The van der Waals surface area contributed by atoms with Crippen molar-refractivity contribution < 1.29 is 4.74 Å². The molecule has 0 spiro atoms. The van der Waals surface area contributed by atoms with E-state index >= 15 is 0 Å². The molecule has 5 heteroatoms.